The van der Waals surface area contributed by atoms with Crippen LogP contribution in [0, 0.1) is 6.92 Å². The minimum Gasteiger partial charge on any atom is -0.376 e. The van der Waals surface area contributed by atoms with E-state index in [1.54, 1.807) is 0 Å². The molecule has 2 atom stereocenters. The monoisotopic (exact) mass is 500 g/mol. The highest BCUT2D eigenvalue weighted by Crippen LogP contribution is 2.27. The number of aryl methyl sites for hydroxylation is 2. The van der Waals surface area contributed by atoms with E-state index in [1.807, 2.05) is 16.8 Å². The van der Waals surface area contributed by atoms with Crippen LogP contribution in [0.25, 0.3) is 10.9 Å². The first kappa shape index (κ1) is 25.3. The van der Waals surface area contributed by atoms with Gasteiger partial charge in [-0.25, -0.2) is 4.68 Å². The SMILES string of the molecule is CCc1ccc2[nH]c(=O)c(CN(Cc3ccc(C)cc3)[C@@H](CC)c3nnnn3C[C@@H]3CCCO3)cc2c1. The molecular formula is C29H36N6O2. The number of benzene rings is 2. The Morgan fingerprint density at radius 3 is 2.65 bits per heavy atom. The molecule has 2 aromatic heterocycles. The predicted molar refractivity (Wildman–Crippen MR) is 144 cm³/mol. The van der Waals surface area contributed by atoms with Crippen molar-refractivity contribution in [2.24, 2.45) is 0 Å². The number of hydrogen-bond donors (Lipinski definition) is 1. The van der Waals surface area contributed by atoms with E-state index in [0.717, 1.165) is 54.6 Å². The lowest BCUT2D eigenvalue weighted by Gasteiger charge is -2.30. The van der Waals surface area contributed by atoms with Crippen LogP contribution in [-0.4, -0.2) is 42.8 Å². The quantitative estimate of drug-likeness (QED) is 0.339. The molecule has 1 N–H and O–H groups in total. The maximum atomic E-state index is 13.2. The highest BCUT2D eigenvalue weighted by molar-refractivity contribution is 5.79. The van der Waals surface area contributed by atoms with Crippen LogP contribution < -0.4 is 5.56 Å². The lowest BCUT2D eigenvalue weighted by molar-refractivity contribution is 0.0888. The van der Waals surface area contributed by atoms with Gasteiger partial charge in [-0.3, -0.25) is 9.69 Å². The van der Waals surface area contributed by atoms with Crippen LogP contribution in [0.15, 0.2) is 53.3 Å². The zero-order valence-electron chi connectivity index (χ0n) is 22.0. The van der Waals surface area contributed by atoms with Gasteiger partial charge in [0.25, 0.3) is 5.56 Å². The molecule has 2 aromatic carbocycles. The molecule has 0 radical (unpaired) electrons. The molecule has 0 spiro atoms. The second-order valence-electron chi connectivity index (χ2n) is 10.1. The normalized spacial score (nSPS) is 16.6. The molecule has 194 valence electrons. The largest absolute Gasteiger partial charge is 0.376 e. The topological polar surface area (TPSA) is 88.9 Å². The van der Waals surface area contributed by atoms with Gasteiger partial charge in [-0.1, -0.05) is 49.7 Å². The summed E-state index contributed by atoms with van der Waals surface area (Å²) < 4.78 is 7.75. The molecule has 0 saturated carbocycles. The maximum Gasteiger partial charge on any atom is 0.252 e. The molecule has 8 heteroatoms. The summed E-state index contributed by atoms with van der Waals surface area (Å²) in [5.74, 6) is 0.815. The molecule has 1 fully saturated rings. The van der Waals surface area contributed by atoms with Crippen molar-refractivity contribution in [3.63, 3.8) is 0 Å². The first-order chi connectivity index (χ1) is 18.0. The number of hydrogen-bond acceptors (Lipinski definition) is 6. The molecular weight excluding hydrogens is 464 g/mol. The fourth-order valence-corrected chi connectivity index (χ4v) is 5.23. The van der Waals surface area contributed by atoms with E-state index >= 15 is 0 Å². The Kier molecular flexibility index (Phi) is 7.76. The second-order valence-corrected chi connectivity index (χ2v) is 10.1. The Balaban J connectivity index is 1.50. The van der Waals surface area contributed by atoms with Gasteiger partial charge in [0.1, 0.15) is 0 Å². The van der Waals surface area contributed by atoms with Crippen LogP contribution in [0.3, 0.4) is 0 Å². The van der Waals surface area contributed by atoms with Crippen LogP contribution in [0.2, 0.25) is 0 Å². The fraction of sp³-hybridized carbons (Fsp3) is 0.448. The molecule has 1 saturated heterocycles. The zero-order valence-corrected chi connectivity index (χ0v) is 22.0. The van der Waals surface area contributed by atoms with Crippen molar-refractivity contribution >= 4 is 10.9 Å². The second kappa shape index (κ2) is 11.4. The molecule has 0 amide bonds. The van der Waals surface area contributed by atoms with E-state index < -0.39 is 0 Å². The highest BCUT2D eigenvalue weighted by atomic mass is 16.5. The number of H-pyrrole nitrogens is 1. The number of fused-ring (bicyclic) bond motifs is 1. The van der Waals surface area contributed by atoms with E-state index in [9.17, 15) is 4.79 Å². The number of rotatable bonds is 10. The lowest BCUT2D eigenvalue weighted by atomic mass is 10.0. The smallest absolute Gasteiger partial charge is 0.252 e. The van der Waals surface area contributed by atoms with Crippen molar-refractivity contribution in [1.29, 1.82) is 0 Å². The number of nitrogens with one attached hydrogen (secondary N) is 1. The third-order valence-corrected chi connectivity index (χ3v) is 7.36. The molecule has 0 bridgehead atoms. The molecule has 1 aliphatic heterocycles. The third-order valence-electron chi connectivity index (χ3n) is 7.36. The molecule has 0 aliphatic carbocycles. The first-order valence-electron chi connectivity index (χ1n) is 13.4. The molecule has 0 unspecified atom stereocenters. The molecule has 5 rings (SSSR count). The summed E-state index contributed by atoms with van der Waals surface area (Å²) in [6.07, 6.45) is 4.00. The van der Waals surface area contributed by atoms with Gasteiger partial charge in [0.2, 0.25) is 0 Å². The maximum absolute atomic E-state index is 13.2. The van der Waals surface area contributed by atoms with Gasteiger partial charge in [0.05, 0.1) is 18.7 Å². The number of aromatic amines is 1. The van der Waals surface area contributed by atoms with Crippen LogP contribution in [0.4, 0.5) is 0 Å². The van der Waals surface area contributed by atoms with Gasteiger partial charge >= 0.3 is 0 Å². The van der Waals surface area contributed by atoms with Gasteiger partial charge in [-0.05, 0) is 77.7 Å². The molecule has 4 aromatic rings. The summed E-state index contributed by atoms with van der Waals surface area (Å²) in [7, 11) is 0. The summed E-state index contributed by atoms with van der Waals surface area (Å²) in [6.45, 7) is 8.99. The Bertz CT molecular complexity index is 1390. The fourth-order valence-electron chi connectivity index (χ4n) is 5.23. The van der Waals surface area contributed by atoms with Crippen molar-refractivity contribution in [3.8, 4) is 0 Å². The Morgan fingerprint density at radius 1 is 1.11 bits per heavy atom. The molecule has 1 aliphatic rings. The summed E-state index contributed by atoms with van der Waals surface area (Å²) >= 11 is 0. The molecule has 37 heavy (non-hydrogen) atoms. The van der Waals surface area contributed by atoms with Crippen LogP contribution in [-0.2, 0) is 30.8 Å². The van der Waals surface area contributed by atoms with Gasteiger partial charge in [-0.2, -0.15) is 0 Å². The first-order valence-corrected chi connectivity index (χ1v) is 13.4. The summed E-state index contributed by atoms with van der Waals surface area (Å²) in [6, 6.07) is 16.8. The van der Waals surface area contributed by atoms with Gasteiger partial charge < -0.3 is 9.72 Å². The minimum atomic E-state index is -0.0604. The average molecular weight is 501 g/mol. The van der Waals surface area contributed by atoms with E-state index in [0.29, 0.717) is 19.6 Å². The number of tetrazole rings is 1. The van der Waals surface area contributed by atoms with Gasteiger partial charge in [0.15, 0.2) is 5.82 Å². The molecule has 8 nitrogen and oxygen atoms in total. The Labute approximate surface area is 217 Å². The highest BCUT2D eigenvalue weighted by Gasteiger charge is 2.28. The van der Waals surface area contributed by atoms with Gasteiger partial charge in [0, 0.05) is 30.8 Å². The van der Waals surface area contributed by atoms with Crippen molar-refractivity contribution in [2.45, 2.75) is 78.2 Å². The van der Waals surface area contributed by atoms with E-state index in [4.69, 9.17) is 4.74 Å². The van der Waals surface area contributed by atoms with E-state index in [-0.39, 0.29) is 17.7 Å². The predicted octanol–water partition coefficient (Wildman–Crippen LogP) is 4.72. The third kappa shape index (κ3) is 5.81. The average Bonchev–Trinajstić information content (AvgIpc) is 3.59. The number of nitrogens with zero attached hydrogens (tertiary/aromatic N) is 5. The Hall–Kier alpha value is -3.36. The number of aromatic nitrogens is 5. The van der Waals surface area contributed by atoms with E-state index in [1.165, 1.54) is 16.7 Å². The summed E-state index contributed by atoms with van der Waals surface area (Å²) in [5.41, 5.74) is 5.21. The van der Waals surface area contributed by atoms with Crippen molar-refractivity contribution in [2.75, 3.05) is 6.61 Å². The minimum absolute atomic E-state index is 0.0561. The van der Waals surface area contributed by atoms with Crippen LogP contribution in [0.5, 0.6) is 0 Å². The summed E-state index contributed by atoms with van der Waals surface area (Å²) in [5, 5.41) is 13.9. The standard InChI is InChI=1S/C29H36N6O2/c1-4-21-12-13-26-23(15-21)16-24(29(36)30-26)18-34(17-22-10-8-20(3)9-11-22)27(5-2)28-31-32-33-35(28)19-25-7-6-14-37-25/h8-13,15-16,25,27H,4-7,14,17-19H2,1-3H3,(H,30,36)/t25-,27-/m0/s1. The van der Waals surface area contributed by atoms with E-state index in [2.05, 4.69) is 82.6 Å². The number of ether oxygens (including phenoxy) is 1. The van der Waals surface area contributed by atoms with Crippen molar-refractivity contribution in [1.82, 2.24) is 30.1 Å². The zero-order chi connectivity index (χ0) is 25.8. The van der Waals surface area contributed by atoms with Crippen LogP contribution >= 0.6 is 0 Å². The number of pyridine rings is 1. The van der Waals surface area contributed by atoms with Crippen molar-refractivity contribution in [3.05, 3.63) is 87.0 Å². The molecule has 3 heterocycles. The van der Waals surface area contributed by atoms with Crippen molar-refractivity contribution < 1.29 is 4.74 Å². The van der Waals surface area contributed by atoms with Gasteiger partial charge in [-0.15, -0.1) is 5.10 Å². The Morgan fingerprint density at radius 2 is 1.92 bits per heavy atom. The van der Waals surface area contributed by atoms with Crippen LogP contribution in [0.1, 0.15) is 67.2 Å². The summed E-state index contributed by atoms with van der Waals surface area (Å²) in [4.78, 5) is 18.6. The lowest BCUT2D eigenvalue weighted by Crippen LogP contribution is -2.33.